The molecule has 218 valence electrons. The molecule has 4 rings (SSSR count). The van der Waals surface area contributed by atoms with E-state index in [0.717, 1.165) is 35.8 Å². The molecule has 2 aliphatic heterocycles. The molecule has 2 saturated heterocycles. The fourth-order valence-corrected chi connectivity index (χ4v) is 4.12. The summed E-state index contributed by atoms with van der Waals surface area (Å²) < 4.78 is 10.3. The van der Waals surface area contributed by atoms with Crippen molar-refractivity contribution in [3.8, 4) is 5.75 Å². The summed E-state index contributed by atoms with van der Waals surface area (Å²) in [5.41, 5.74) is 2.43. The van der Waals surface area contributed by atoms with Gasteiger partial charge in [-0.15, -0.1) is 26.2 Å². The van der Waals surface area contributed by atoms with Crippen molar-refractivity contribution in [1.82, 2.24) is 9.80 Å². The molecule has 2 aliphatic rings. The molecule has 4 amide bonds. The number of hydrogen-bond acceptors (Lipinski definition) is 6. The minimum absolute atomic E-state index is 0. The molecular formula is C31H41LiN4O5-2. The van der Waals surface area contributed by atoms with Gasteiger partial charge in [-0.05, 0) is 62.7 Å². The molecule has 41 heavy (non-hydrogen) atoms. The van der Waals surface area contributed by atoms with Gasteiger partial charge in [-0.25, -0.2) is 9.59 Å². The van der Waals surface area contributed by atoms with Crippen molar-refractivity contribution in [2.24, 2.45) is 0 Å². The van der Waals surface area contributed by atoms with Crippen molar-refractivity contribution < 1.29 is 42.7 Å². The van der Waals surface area contributed by atoms with Crippen LogP contribution in [0, 0.1) is 19.8 Å². The number of carbonyl (C=O) groups excluding carboxylic acids is 3. The summed E-state index contributed by atoms with van der Waals surface area (Å²) in [5, 5.41) is 0. The largest absolute Gasteiger partial charge is 1.00 e. The Bertz CT molecular complexity index is 1130. The first-order valence-corrected chi connectivity index (χ1v) is 13.5. The zero-order chi connectivity index (χ0) is 29.3. The molecule has 0 saturated carbocycles. The van der Waals surface area contributed by atoms with Gasteiger partial charge in [0.15, 0.2) is 0 Å². The number of ether oxygens (including phenoxy) is 2. The number of amides is 4. The van der Waals surface area contributed by atoms with Crippen LogP contribution in [0.15, 0.2) is 48.5 Å². The molecule has 10 heteroatoms. The van der Waals surface area contributed by atoms with Gasteiger partial charge in [0.2, 0.25) is 5.91 Å². The average molecular weight is 557 g/mol. The second-order valence-corrected chi connectivity index (χ2v) is 10.6. The minimum Gasteiger partial charge on any atom is -0.497 e. The van der Waals surface area contributed by atoms with E-state index in [0.29, 0.717) is 26.1 Å². The Labute approximate surface area is 256 Å². The topological polar surface area (TPSA) is 82.6 Å². The predicted octanol–water partition coefficient (Wildman–Crippen LogP) is 2.36. The Kier molecular flexibility index (Phi) is 13.1. The molecule has 0 unspecified atom stereocenters. The van der Waals surface area contributed by atoms with E-state index in [-0.39, 0.29) is 43.4 Å². The Morgan fingerprint density at radius 3 is 2.15 bits per heavy atom. The van der Waals surface area contributed by atoms with Crippen LogP contribution in [0.4, 0.5) is 21.0 Å². The summed E-state index contributed by atoms with van der Waals surface area (Å²) in [6.07, 6.45) is 4.13. The van der Waals surface area contributed by atoms with E-state index in [1.54, 1.807) is 16.9 Å². The number of anilines is 2. The number of rotatable bonds is 8. The van der Waals surface area contributed by atoms with Crippen LogP contribution in [-0.4, -0.2) is 73.3 Å². The predicted molar refractivity (Wildman–Crippen MR) is 157 cm³/mol. The first-order valence-electron chi connectivity index (χ1n) is 13.5. The zero-order valence-electron chi connectivity index (χ0n) is 25.3. The van der Waals surface area contributed by atoms with E-state index in [1.165, 1.54) is 4.90 Å². The van der Waals surface area contributed by atoms with Crippen molar-refractivity contribution >= 4 is 29.4 Å². The average Bonchev–Trinajstić information content (AvgIpc) is 2.89. The number of imide groups is 1. The Hall–Kier alpha value is -3.15. The smallest absolute Gasteiger partial charge is 0.497 e. The second-order valence-electron chi connectivity index (χ2n) is 10.6. The number of carbonyl (C=O) groups is 3. The van der Waals surface area contributed by atoms with Gasteiger partial charge in [-0.2, -0.15) is 6.92 Å². The van der Waals surface area contributed by atoms with E-state index < -0.39 is 5.60 Å². The molecule has 0 aromatic heterocycles. The van der Waals surface area contributed by atoms with Gasteiger partial charge in [0.25, 0.3) is 0 Å². The summed E-state index contributed by atoms with van der Waals surface area (Å²) in [5.74, 6) is 0.608. The van der Waals surface area contributed by atoms with Crippen LogP contribution >= 0.6 is 0 Å². The van der Waals surface area contributed by atoms with E-state index in [4.69, 9.17) is 9.47 Å². The van der Waals surface area contributed by atoms with Crippen molar-refractivity contribution in [3.05, 3.63) is 73.9 Å². The third kappa shape index (κ3) is 9.72. The summed E-state index contributed by atoms with van der Waals surface area (Å²) in [7, 11) is 1.61. The molecule has 2 heterocycles. The zero-order valence-corrected chi connectivity index (χ0v) is 25.3. The molecule has 0 bridgehead atoms. The SMILES string of the molecule is COc1ccc(CN2C(=O)CCN(c3ccc(N4C[CH-]C4)cc3)C2=O)cc1.[CH2-]CN(C[CH-]C)C(=O)OC(C)(C)C.[Li+]. The second kappa shape index (κ2) is 15.7. The normalized spacial score (nSPS) is 14.8. The van der Waals surface area contributed by atoms with E-state index in [1.807, 2.05) is 82.6 Å². The van der Waals surface area contributed by atoms with E-state index in [9.17, 15) is 14.4 Å². The van der Waals surface area contributed by atoms with Crippen LogP contribution in [0.2, 0.25) is 0 Å². The number of urea groups is 1. The molecule has 0 radical (unpaired) electrons. The van der Waals surface area contributed by atoms with Gasteiger partial charge in [0.1, 0.15) is 11.4 Å². The molecule has 0 atom stereocenters. The minimum atomic E-state index is -0.432. The van der Waals surface area contributed by atoms with E-state index in [2.05, 4.69) is 18.2 Å². The number of benzene rings is 2. The maximum atomic E-state index is 12.9. The Morgan fingerprint density at radius 2 is 1.66 bits per heavy atom. The first-order chi connectivity index (χ1) is 19.1. The number of hydrogen-bond donors (Lipinski definition) is 0. The Morgan fingerprint density at radius 1 is 1.05 bits per heavy atom. The third-order valence-electron chi connectivity index (χ3n) is 6.36. The number of methoxy groups -OCH3 is 1. The van der Waals surface area contributed by atoms with Gasteiger partial charge in [-0.1, -0.05) is 12.1 Å². The fourth-order valence-electron chi connectivity index (χ4n) is 4.12. The molecule has 2 aromatic rings. The molecule has 0 spiro atoms. The van der Waals surface area contributed by atoms with Crippen LogP contribution in [0.5, 0.6) is 5.75 Å². The molecular weight excluding hydrogens is 515 g/mol. The molecule has 0 N–H and O–H groups in total. The Balaban J connectivity index is 0.000000360. The molecule has 2 fully saturated rings. The fraction of sp³-hybridized carbons (Fsp3) is 0.419. The van der Waals surface area contributed by atoms with Crippen molar-refractivity contribution in [2.45, 2.75) is 46.3 Å². The quantitative estimate of drug-likeness (QED) is 0.367. The van der Waals surface area contributed by atoms with Crippen LogP contribution < -0.4 is 33.4 Å². The summed E-state index contributed by atoms with van der Waals surface area (Å²) >= 11 is 0. The van der Waals surface area contributed by atoms with Crippen molar-refractivity contribution in [3.63, 3.8) is 0 Å². The maximum absolute atomic E-state index is 12.9. The summed E-state index contributed by atoms with van der Waals surface area (Å²) in [6.45, 7) is 14.7. The summed E-state index contributed by atoms with van der Waals surface area (Å²) in [4.78, 5) is 43.5. The van der Waals surface area contributed by atoms with Gasteiger partial charge >= 0.3 is 31.0 Å². The van der Waals surface area contributed by atoms with Crippen LogP contribution in [0.1, 0.15) is 39.7 Å². The monoisotopic (exact) mass is 556 g/mol. The number of nitrogens with zero attached hydrogens (tertiary/aromatic N) is 4. The van der Waals surface area contributed by atoms with Gasteiger partial charge in [0, 0.05) is 24.3 Å². The van der Waals surface area contributed by atoms with Gasteiger partial charge in [0.05, 0.1) is 13.7 Å². The standard InChI is InChI=1S/C21H22N3O3.C10H19NO2.Li/c1-27-19-9-3-16(4-10-19)15-24-20(25)11-14-23(21(24)26)18-7-5-17(6-8-18)22-12-2-13-22;1-6-8-11(7-2)9(12)13-10(3,4)5;/h2-10H,11-15H2,1H3;6H,2,7-8H2,1,3-5H3;/q-1;-2;+1. The summed E-state index contributed by atoms with van der Waals surface area (Å²) in [6, 6.07) is 15.1. The van der Waals surface area contributed by atoms with Crippen LogP contribution in [0.25, 0.3) is 0 Å². The van der Waals surface area contributed by atoms with Crippen molar-refractivity contribution in [2.75, 3.05) is 49.6 Å². The first kappa shape index (κ1) is 34.1. The van der Waals surface area contributed by atoms with Gasteiger partial charge in [-0.3, -0.25) is 21.0 Å². The molecule has 0 aliphatic carbocycles. The maximum Gasteiger partial charge on any atom is 1.00 e. The van der Waals surface area contributed by atoms with Gasteiger partial charge < -0.3 is 32.6 Å². The van der Waals surface area contributed by atoms with E-state index >= 15 is 0 Å². The third-order valence-corrected chi connectivity index (χ3v) is 6.36. The van der Waals surface area contributed by atoms with Crippen LogP contribution in [-0.2, 0) is 16.1 Å². The molecule has 9 nitrogen and oxygen atoms in total. The van der Waals surface area contributed by atoms with Crippen molar-refractivity contribution in [1.29, 1.82) is 0 Å². The van der Waals surface area contributed by atoms with Crippen LogP contribution in [0.3, 0.4) is 0 Å². The molecule has 2 aromatic carbocycles.